The number of nitrogens with two attached hydrogens (primary N) is 1. The molecular weight excluding hydrogens is 228 g/mol. The topological polar surface area (TPSA) is 84.1 Å². The number of carbonyl (C=O) groups is 1. The number of hydrogen-bond donors (Lipinski definition) is 2. The van der Waals surface area contributed by atoms with Crippen molar-refractivity contribution in [1.82, 2.24) is 9.97 Å². The molecule has 0 radical (unpaired) electrons. The number of aromatic amines is 1. The molecule has 5 nitrogen and oxygen atoms in total. The lowest BCUT2D eigenvalue weighted by atomic mass is 10.5. The maximum Gasteiger partial charge on any atom is 0.247 e. The van der Waals surface area contributed by atoms with Gasteiger partial charge in [0.2, 0.25) is 5.91 Å². The molecule has 1 aromatic heterocycles. The maximum atomic E-state index is 10.4. The highest BCUT2D eigenvalue weighted by atomic mass is 16.1. The van der Waals surface area contributed by atoms with Gasteiger partial charge in [-0.15, -0.1) is 0 Å². The van der Waals surface area contributed by atoms with Crippen molar-refractivity contribution in [3.63, 3.8) is 0 Å². The highest BCUT2D eigenvalue weighted by Gasteiger charge is 1.90. The zero-order valence-electron chi connectivity index (χ0n) is 12.4. The summed E-state index contributed by atoms with van der Waals surface area (Å²) in [6, 6.07) is 0. The zero-order chi connectivity index (χ0) is 14.6. The Labute approximate surface area is 110 Å². The molecule has 0 atom stereocenters. The number of H-pyrrole nitrogens is 1. The van der Waals surface area contributed by atoms with Gasteiger partial charge in [-0.2, -0.15) is 0 Å². The monoisotopic (exact) mass is 254 g/mol. The Morgan fingerprint density at radius 2 is 2.00 bits per heavy atom. The van der Waals surface area contributed by atoms with Gasteiger partial charge in [-0.3, -0.25) is 4.79 Å². The Hall–Kier alpha value is -1.65. The van der Waals surface area contributed by atoms with Crippen molar-refractivity contribution >= 4 is 11.7 Å². The van der Waals surface area contributed by atoms with E-state index in [1.54, 1.807) is 13.8 Å². The van der Waals surface area contributed by atoms with Gasteiger partial charge in [0.25, 0.3) is 0 Å². The summed E-state index contributed by atoms with van der Waals surface area (Å²) in [5.74, 6) is 1.24. The van der Waals surface area contributed by atoms with Crippen molar-refractivity contribution in [3.05, 3.63) is 17.7 Å². The lowest BCUT2D eigenvalue weighted by Crippen LogP contribution is -2.08. The van der Waals surface area contributed by atoms with E-state index in [9.17, 15) is 4.79 Å². The summed E-state index contributed by atoms with van der Waals surface area (Å²) >= 11 is 0. The summed E-state index contributed by atoms with van der Waals surface area (Å²) < 4.78 is 0. The molecule has 18 heavy (non-hydrogen) atoms. The smallest absolute Gasteiger partial charge is 0.247 e. The highest BCUT2D eigenvalue weighted by Crippen LogP contribution is 1.93. The van der Waals surface area contributed by atoms with Crippen molar-refractivity contribution in [1.29, 1.82) is 0 Å². The van der Waals surface area contributed by atoms with Crippen LogP contribution in [0, 0.1) is 6.92 Å². The molecule has 5 heteroatoms. The van der Waals surface area contributed by atoms with Crippen LogP contribution in [0.3, 0.4) is 0 Å². The standard InChI is InChI=1S/C6H10N2.C5H10N2O.C2H6/c1-3-6-7-4-5(2)8-6;1-3-5(8)7-4(2)6;1-2/h4H,3H2,1-2H3,(H,7,8);3H2,1-2H3,(H2,6,7,8);1-2H3. The van der Waals surface area contributed by atoms with Crippen LogP contribution in [0.4, 0.5) is 0 Å². The molecule has 0 bridgehead atoms. The van der Waals surface area contributed by atoms with E-state index in [4.69, 9.17) is 5.73 Å². The van der Waals surface area contributed by atoms with E-state index in [1.165, 1.54) is 0 Å². The van der Waals surface area contributed by atoms with Crippen molar-refractivity contribution in [2.24, 2.45) is 10.7 Å². The van der Waals surface area contributed by atoms with E-state index in [0.717, 1.165) is 17.9 Å². The molecule has 1 aromatic rings. The first-order valence-corrected chi connectivity index (χ1v) is 6.33. The summed E-state index contributed by atoms with van der Waals surface area (Å²) in [7, 11) is 0. The molecule has 0 saturated heterocycles. The van der Waals surface area contributed by atoms with Crippen molar-refractivity contribution in [2.45, 2.75) is 54.4 Å². The summed E-state index contributed by atoms with van der Waals surface area (Å²) in [5.41, 5.74) is 6.24. The van der Waals surface area contributed by atoms with Crippen LogP contribution in [0.5, 0.6) is 0 Å². The van der Waals surface area contributed by atoms with Gasteiger partial charge in [0.05, 0.1) is 5.84 Å². The molecule has 0 saturated carbocycles. The second-order valence-corrected chi connectivity index (χ2v) is 3.37. The van der Waals surface area contributed by atoms with Crippen LogP contribution in [0.25, 0.3) is 0 Å². The number of aryl methyl sites for hydroxylation is 2. The fourth-order valence-corrected chi connectivity index (χ4v) is 0.922. The lowest BCUT2D eigenvalue weighted by Gasteiger charge is -1.85. The number of amides is 1. The van der Waals surface area contributed by atoms with Gasteiger partial charge in [0.1, 0.15) is 5.82 Å². The number of imidazole rings is 1. The fourth-order valence-electron chi connectivity index (χ4n) is 0.922. The van der Waals surface area contributed by atoms with Crippen LogP contribution < -0.4 is 5.73 Å². The second-order valence-electron chi connectivity index (χ2n) is 3.37. The van der Waals surface area contributed by atoms with Gasteiger partial charge >= 0.3 is 0 Å². The number of aromatic nitrogens is 2. The van der Waals surface area contributed by atoms with E-state index in [1.807, 2.05) is 27.0 Å². The van der Waals surface area contributed by atoms with Crippen molar-refractivity contribution < 1.29 is 4.79 Å². The number of amidine groups is 1. The van der Waals surface area contributed by atoms with E-state index < -0.39 is 0 Å². The first kappa shape index (κ1) is 18.7. The van der Waals surface area contributed by atoms with Crippen molar-refractivity contribution in [3.8, 4) is 0 Å². The third-order valence-electron chi connectivity index (χ3n) is 1.69. The molecule has 0 aliphatic rings. The predicted molar refractivity (Wildman–Crippen MR) is 76.6 cm³/mol. The van der Waals surface area contributed by atoms with Gasteiger partial charge in [-0.1, -0.05) is 27.7 Å². The van der Waals surface area contributed by atoms with E-state index in [2.05, 4.69) is 21.9 Å². The number of nitrogens with zero attached hydrogens (tertiary/aromatic N) is 2. The predicted octanol–water partition coefficient (Wildman–Crippen LogP) is 2.61. The minimum atomic E-state index is -0.162. The molecule has 0 aliphatic carbocycles. The molecule has 104 valence electrons. The molecule has 1 heterocycles. The third kappa shape index (κ3) is 10.9. The molecule has 1 amide bonds. The Balaban J connectivity index is 0. The molecule has 1 rings (SSSR count). The summed E-state index contributed by atoms with van der Waals surface area (Å²) in [6.45, 7) is 11.4. The zero-order valence-corrected chi connectivity index (χ0v) is 12.4. The summed E-state index contributed by atoms with van der Waals surface area (Å²) in [4.78, 5) is 21.0. The summed E-state index contributed by atoms with van der Waals surface area (Å²) in [5, 5.41) is 0. The molecule has 0 spiro atoms. The van der Waals surface area contributed by atoms with Crippen LogP contribution >= 0.6 is 0 Å². The third-order valence-corrected chi connectivity index (χ3v) is 1.69. The lowest BCUT2D eigenvalue weighted by molar-refractivity contribution is -0.117. The molecular formula is C13H26N4O. The Morgan fingerprint density at radius 1 is 1.44 bits per heavy atom. The average Bonchev–Trinajstić information content (AvgIpc) is 2.77. The van der Waals surface area contributed by atoms with Crippen LogP contribution in [0.2, 0.25) is 0 Å². The molecule has 0 fully saturated rings. The van der Waals surface area contributed by atoms with Gasteiger partial charge in [0.15, 0.2) is 0 Å². The van der Waals surface area contributed by atoms with E-state index in [0.29, 0.717) is 12.3 Å². The van der Waals surface area contributed by atoms with Crippen LogP contribution in [0.1, 0.15) is 52.6 Å². The number of hydrogen-bond acceptors (Lipinski definition) is 2. The van der Waals surface area contributed by atoms with Gasteiger partial charge in [-0.05, 0) is 13.8 Å². The molecule has 3 N–H and O–H groups in total. The molecule has 0 aliphatic heterocycles. The van der Waals surface area contributed by atoms with Gasteiger partial charge in [0, 0.05) is 24.7 Å². The first-order chi connectivity index (χ1) is 8.49. The van der Waals surface area contributed by atoms with Crippen molar-refractivity contribution in [2.75, 3.05) is 0 Å². The normalized spacial score (nSPS) is 9.78. The Morgan fingerprint density at radius 3 is 2.17 bits per heavy atom. The minimum absolute atomic E-state index is 0.162. The quantitative estimate of drug-likeness (QED) is 0.628. The largest absolute Gasteiger partial charge is 0.387 e. The number of nitrogens with one attached hydrogen (secondary N) is 1. The highest BCUT2D eigenvalue weighted by molar-refractivity contribution is 5.91. The van der Waals surface area contributed by atoms with E-state index in [-0.39, 0.29) is 5.91 Å². The van der Waals surface area contributed by atoms with Gasteiger partial charge in [-0.25, -0.2) is 9.98 Å². The maximum absolute atomic E-state index is 10.4. The number of carbonyl (C=O) groups excluding carboxylic acids is 1. The summed E-state index contributed by atoms with van der Waals surface area (Å²) in [6.07, 6.45) is 3.27. The van der Waals surface area contributed by atoms with Crippen LogP contribution in [-0.4, -0.2) is 21.7 Å². The van der Waals surface area contributed by atoms with Crippen LogP contribution in [0.15, 0.2) is 11.2 Å². The Kier molecular flexibility index (Phi) is 12.3. The van der Waals surface area contributed by atoms with Crippen LogP contribution in [-0.2, 0) is 11.2 Å². The number of rotatable bonds is 2. The SMILES string of the molecule is CC.CCC(=O)N=C(C)N.CCc1ncc(C)[nH]1. The fraction of sp³-hybridized carbons (Fsp3) is 0.615. The minimum Gasteiger partial charge on any atom is -0.387 e. The molecule has 0 unspecified atom stereocenters. The molecule has 0 aromatic carbocycles. The average molecular weight is 254 g/mol. The Bertz CT molecular complexity index is 352. The second kappa shape index (κ2) is 11.8. The van der Waals surface area contributed by atoms with Gasteiger partial charge < -0.3 is 10.7 Å². The number of aliphatic imine (C=N–C) groups is 1. The first-order valence-electron chi connectivity index (χ1n) is 6.33. The van der Waals surface area contributed by atoms with E-state index >= 15 is 0 Å².